The maximum Gasteiger partial charge on any atom is 0.472 e. The fourth-order valence-corrected chi connectivity index (χ4v) is 6.19. The number of unbranched alkanes of at least 4 members (excludes halogenated alkanes) is 2. The maximum atomic E-state index is 12.7. The van der Waals surface area contributed by atoms with E-state index in [0.29, 0.717) is 25.7 Å². The van der Waals surface area contributed by atoms with Gasteiger partial charge in [-0.2, -0.15) is 0 Å². The van der Waals surface area contributed by atoms with Gasteiger partial charge in [0, 0.05) is 12.8 Å². The van der Waals surface area contributed by atoms with Crippen LogP contribution in [0.4, 0.5) is 0 Å². The Labute approximate surface area is 382 Å². The van der Waals surface area contributed by atoms with Gasteiger partial charge in [0.25, 0.3) is 0 Å². The summed E-state index contributed by atoms with van der Waals surface area (Å²) >= 11 is 0. The standard InChI is InChI=1S/C48H76O14P2/c1-3-4-5-6-7-8-9-10-11-12-13-14-17-20-23-26-29-32-35-38-47(51)58-42-46(43-61-64(56,57)60-41-45(50)40-59-63(53,54)55)62-48(52)39-36-33-30-27-24-21-18-15-16-19-22-25-28-31-34-37-44(2)49/h4-5,7-8,10-11,13-14,16,18-21,23,25,27-30,32,44-46,49-50H,3,6,9,12,15,17,22,24,26,31,33-43H2,1-2H3,(H,56,57)(H2,53,54,55)/b5-4-,8-7-,11-10-,14-13-,19-16-,21-18-,23-20-,28-25-,30-27-,32-29-/t44-,45-,46+/m0/s1. The van der Waals surface area contributed by atoms with Crippen LogP contribution in [-0.2, 0) is 41.8 Å². The molecule has 1 unspecified atom stereocenters. The van der Waals surface area contributed by atoms with Gasteiger partial charge in [-0.05, 0) is 103 Å². The molecule has 14 nitrogen and oxygen atoms in total. The molecule has 0 spiro atoms. The van der Waals surface area contributed by atoms with Crippen LogP contribution >= 0.6 is 15.6 Å². The van der Waals surface area contributed by atoms with Gasteiger partial charge in [0.1, 0.15) is 12.7 Å². The summed E-state index contributed by atoms with van der Waals surface area (Å²) in [4.78, 5) is 52.7. The molecular weight excluding hydrogens is 862 g/mol. The van der Waals surface area contributed by atoms with Gasteiger partial charge in [-0.3, -0.25) is 23.2 Å². The molecule has 0 aromatic rings. The zero-order valence-corrected chi connectivity index (χ0v) is 39.7. The number of esters is 2. The van der Waals surface area contributed by atoms with Crippen molar-refractivity contribution in [3.05, 3.63) is 122 Å². The number of carbonyl (C=O) groups is 2. The second-order valence-corrected chi connectivity index (χ2v) is 17.2. The van der Waals surface area contributed by atoms with Gasteiger partial charge in [-0.15, -0.1) is 0 Å². The van der Waals surface area contributed by atoms with E-state index in [4.69, 9.17) is 23.8 Å². The van der Waals surface area contributed by atoms with Crippen LogP contribution in [0, 0.1) is 0 Å². The summed E-state index contributed by atoms with van der Waals surface area (Å²) in [5.74, 6) is -1.23. The lowest BCUT2D eigenvalue weighted by atomic mass is 10.1. The van der Waals surface area contributed by atoms with Crippen molar-refractivity contribution in [2.24, 2.45) is 0 Å². The Bertz CT molecular complexity index is 1600. The second kappa shape index (κ2) is 42.1. The maximum absolute atomic E-state index is 12.7. The molecule has 5 N–H and O–H groups in total. The summed E-state index contributed by atoms with van der Waals surface area (Å²) in [6.07, 6.45) is 50.6. The minimum absolute atomic E-state index is 0.0200. The van der Waals surface area contributed by atoms with Crippen LogP contribution in [0.3, 0.4) is 0 Å². The van der Waals surface area contributed by atoms with Crippen LogP contribution in [-0.4, -0.2) is 81.6 Å². The van der Waals surface area contributed by atoms with Gasteiger partial charge in [0.15, 0.2) is 6.10 Å². The Morgan fingerprint density at radius 3 is 1.36 bits per heavy atom. The molecule has 16 heteroatoms. The van der Waals surface area contributed by atoms with Crippen molar-refractivity contribution < 1.29 is 66.7 Å². The number of allylic oxidation sites excluding steroid dienone is 20. The average Bonchev–Trinajstić information content (AvgIpc) is 3.24. The molecule has 0 saturated heterocycles. The predicted molar refractivity (Wildman–Crippen MR) is 254 cm³/mol. The molecule has 4 atom stereocenters. The number of aliphatic hydroxyl groups is 2. The van der Waals surface area contributed by atoms with Gasteiger partial charge >= 0.3 is 27.6 Å². The lowest BCUT2D eigenvalue weighted by Crippen LogP contribution is -2.29. The van der Waals surface area contributed by atoms with Crippen LogP contribution < -0.4 is 0 Å². The summed E-state index contributed by atoms with van der Waals surface area (Å²) in [7, 11) is -9.74. The first kappa shape index (κ1) is 60.5. The summed E-state index contributed by atoms with van der Waals surface area (Å²) in [5, 5.41) is 19.0. The molecule has 0 aliphatic rings. The van der Waals surface area contributed by atoms with E-state index in [-0.39, 0.29) is 18.9 Å². The Balaban J connectivity index is 4.74. The number of phosphoric ester groups is 2. The highest BCUT2D eigenvalue weighted by Gasteiger charge is 2.28. The molecule has 0 aliphatic carbocycles. The number of rotatable bonds is 40. The largest absolute Gasteiger partial charge is 0.472 e. The lowest BCUT2D eigenvalue weighted by molar-refractivity contribution is -0.161. The van der Waals surface area contributed by atoms with Gasteiger partial charge in [0.2, 0.25) is 0 Å². The minimum Gasteiger partial charge on any atom is -0.462 e. The summed E-state index contributed by atoms with van der Waals surface area (Å²) in [5.41, 5.74) is 0. The Hall–Kier alpha value is -3.52. The van der Waals surface area contributed by atoms with E-state index in [2.05, 4.69) is 107 Å². The van der Waals surface area contributed by atoms with Crippen molar-refractivity contribution in [1.82, 2.24) is 0 Å². The van der Waals surface area contributed by atoms with Crippen LogP contribution in [0.15, 0.2) is 122 Å². The molecule has 0 fully saturated rings. The molecule has 0 radical (unpaired) electrons. The first-order chi connectivity index (χ1) is 30.7. The van der Waals surface area contributed by atoms with Crippen molar-refractivity contribution in [3.63, 3.8) is 0 Å². The molecule has 0 bridgehead atoms. The lowest BCUT2D eigenvalue weighted by Gasteiger charge is -2.20. The highest BCUT2D eigenvalue weighted by molar-refractivity contribution is 7.47. The molecule has 0 saturated carbocycles. The number of aliphatic hydroxyl groups excluding tert-OH is 2. The number of hydrogen-bond donors (Lipinski definition) is 5. The average molecular weight is 939 g/mol. The van der Waals surface area contributed by atoms with Crippen molar-refractivity contribution in [3.8, 4) is 0 Å². The molecule has 0 aromatic heterocycles. The van der Waals surface area contributed by atoms with E-state index in [1.54, 1.807) is 6.92 Å². The van der Waals surface area contributed by atoms with Crippen molar-refractivity contribution >= 4 is 27.6 Å². The molecule has 0 aliphatic heterocycles. The molecule has 0 heterocycles. The van der Waals surface area contributed by atoms with Crippen molar-refractivity contribution in [2.45, 2.75) is 141 Å². The molecule has 64 heavy (non-hydrogen) atoms. The third-order valence-electron chi connectivity index (χ3n) is 8.36. The van der Waals surface area contributed by atoms with Crippen LogP contribution in [0.25, 0.3) is 0 Å². The van der Waals surface area contributed by atoms with E-state index in [0.717, 1.165) is 70.6 Å². The Kier molecular flexibility index (Phi) is 39.8. The minimum atomic E-state index is -4.89. The molecule has 0 aromatic carbocycles. The number of phosphoric acid groups is 2. The quantitative estimate of drug-likeness (QED) is 0.0167. The monoisotopic (exact) mass is 938 g/mol. The first-order valence-electron chi connectivity index (χ1n) is 22.3. The van der Waals surface area contributed by atoms with E-state index in [1.165, 1.54) is 0 Å². The Morgan fingerprint density at radius 2 is 0.906 bits per heavy atom. The normalized spacial score (nSPS) is 15.5. The van der Waals surface area contributed by atoms with Gasteiger partial charge < -0.3 is 34.4 Å². The molecular formula is C48H76O14P2. The summed E-state index contributed by atoms with van der Waals surface area (Å²) in [6, 6.07) is 0. The molecule has 0 amide bonds. The summed E-state index contributed by atoms with van der Waals surface area (Å²) < 4.78 is 47.6. The fourth-order valence-electron chi connectivity index (χ4n) is 5.03. The molecule has 0 rings (SSSR count). The highest BCUT2D eigenvalue weighted by Crippen LogP contribution is 2.43. The zero-order chi connectivity index (χ0) is 47.4. The number of hydrogen-bond acceptors (Lipinski definition) is 11. The van der Waals surface area contributed by atoms with E-state index >= 15 is 0 Å². The second-order valence-electron chi connectivity index (χ2n) is 14.5. The SMILES string of the molecule is CC/C=C\C/C=C\C/C=C\C/C=C\C/C=C\C/C=C\CCC(=O)OC[C@H](COP(=O)(O)OC[C@@H](O)COP(=O)(O)O)OC(=O)CCC/C=C\C/C=C\C/C=C\C/C=C\CCC[C@H](C)O. The Morgan fingerprint density at radius 1 is 0.500 bits per heavy atom. The third-order valence-corrected chi connectivity index (χ3v) is 9.79. The van der Waals surface area contributed by atoms with Crippen molar-refractivity contribution in [1.29, 1.82) is 0 Å². The summed E-state index contributed by atoms with van der Waals surface area (Å²) in [6.45, 7) is 1.02. The predicted octanol–water partition coefficient (Wildman–Crippen LogP) is 10.6. The zero-order valence-electron chi connectivity index (χ0n) is 37.9. The van der Waals surface area contributed by atoms with Gasteiger partial charge in [-0.1, -0.05) is 128 Å². The number of carbonyl (C=O) groups excluding carboxylic acids is 2. The molecule has 362 valence electrons. The van der Waals surface area contributed by atoms with Gasteiger partial charge in [0.05, 0.1) is 25.9 Å². The first-order valence-corrected chi connectivity index (χ1v) is 25.3. The smallest absolute Gasteiger partial charge is 0.462 e. The fraction of sp³-hybridized carbons (Fsp3) is 0.542. The topological polar surface area (TPSA) is 216 Å². The van der Waals surface area contributed by atoms with Crippen LogP contribution in [0.1, 0.15) is 123 Å². The number of ether oxygens (including phenoxy) is 2. The third kappa shape index (κ3) is 46.5. The van der Waals surface area contributed by atoms with Crippen LogP contribution in [0.5, 0.6) is 0 Å². The van der Waals surface area contributed by atoms with Gasteiger partial charge in [-0.25, -0.2) is 9.13 Å². The van der Waals surface area contributed by atoms with E-state index in [1.807, 2.05) is 30.4 Å². The van der Waals surface area contributed by atoms with Crippen LogP contribution in [0.2, 0.25) is 0 Å². The van der Waals surface area contributed by atoms with E-state index < -0.39 is 66.2 Å². The highest BCUT2D eigenvalue weighted by atomic mass is 31.2. The van der Waals surface area contributed by atoms with E-state index in [9.17, 15) is 33.8 Å². The van der Waals surface area contributed by atoms with Crippen molar-refractivity contribution in [2.75, 3.05) is 26.4 Å².